The van der Waals surface area contributed by atoms with Crippen molar-refractivity contribution in [2.75, 3.05) is 5.32 Å². The minimum atomic E-state index is -0.402. The summed E-state index contributed by atoms with van der Waals surface area (Å²) in [7, 11) is 1.74. The predicted octanol–water partition coefficient (Wildman–Crippen LogP) is 1.63. The minimum absolute atomic E-state index is 0.0889. The van der Waals surface area contributed by atoms with Crippen LogP contribution < -0.4 is 10.9 Å². The van der Waals surface area contributed by atoms with Gasteiger partial charge >= 0.3 is 0 Å². The number of benzene rings is 1. The maximum absolute atomic E-state index is 12.4. The van der Waals surface area contributed by atoms with Crippen molar-refractivity contribution in [1.29, 1.82) is 5.26 Å². The van der Waals surface area contributed by atoms with Gasteiger partial charge in [-0.2, -0.15) is 5.26 Å². The summed E-state index contributed by atoms with van der Waals surface area (Å²) >= 11 is 0. The average molecular weight is 377 g/mol. The molecular formula is C19H19N7O2. The average Bonchev–Trinajstić information content (AvgIpc) is 3.08. The van der Waals surface area contributed by atoms with E-state index in [9.17, 15) is 9.59 Å². The van der Waals surface area contributed by atoms with Gasteiger partial charge in [-0.25, -0.2) is 4.68 Å². The van der Waals surface area contributed by atoms with Crippen LogP contribution in [0.4, 0.5) is 5.69 Å². The van der Waals surface area contributed by atoms with E-state index in [1.807, 2.05) is 18.2 Å². The van der Waals surface area contributed by atoms with Crippen molar-refractivity contribution in [2.45, 2.75) is 26.7 Å². The molecule has 0 atom stereocenters. The zero-order chi connectivity index (χ0) is 20.3. The summed E-state index contributed by atoms with van der Waals surface area (Å²) in [6.45, 7) is 3.49. The Balaban J connectivity index is 1.72. The van der Waals surface area contributed by atoms with Gasteiger partial charge in [-0.1, -0.05) is 12.1 Å². The predicted molar refractivity (Wildman–Crippen MR) is 102 cm³/mol. The summed E-state index contributed by atoms with van der Waals surface area (Å²) in [4.78, 5) is 26.9. The number of nitriles is 1. The van der Waals surface area contributed by atoms with E-state index in [-0.39, 0.29) is 17.9 Å². The zero-order valence-corrected chi connectivity index (χ0v) is 15.8. The molecule has 9 nitrogen and oxygen atoms in total. The molecule has 0 aliphatic heterocycles. The molecule has 2 heterocycles. The molecule has 9 heteroatoms. The lowest BCUT2D eigenvalue weighted by Gasteiger charge is -2.11. The molecule has 0 bridgehead atoms. The first kappa shape index (κ1) is 19.0. The highest BCUT2D eigenvalue weighted by atomic mass is 16.1. The van der Waals surface area contributed by atoms with Crippen molar-refractivity contribution in [1.82, 2.24) is 25.2 Å². The standard InChI is InChI=1S/C19H19N7O2/c1-11-15(12(2)21-19(28)16(11)10-20)7-8-17(27)22-14-6-4-5-13(9-14)18-23-24-25-26(18)3/h4-6,9H,7-8H2,1-3H3,(H,21,28)(H,22,27). The van der Waals surface area contributed by atoms with Crippen LogP contribution in [-0.2, 0) is 18.3 Å². The number of pyridine rings is 1. The molecule has 2 aromatic heterocycles. The molecular weight excluding hydrogens is 358 g/mol. The fourth-order valence-electron chi connectivity index (χ4n) is 3.09. The Labute approximate surface area is 161 Å². The van der Waals surface area contributed by atoms with Gasteiger partial charge in [0.05, 0.1) is 0 Å². The van der Waals surface area contributed by atoms with Crippen LogP contribution in [-0.4, -0.2) is 31.1 Å². The Morgan fingerprint density at radius 1 is 1.36 bits per heavy atom. The van der Waals surface area contributed by atoms with E-state index in [2.05, 4.69) is 25.8 Å². The molecule has 1 aromatic carbocycles. The maximum atomic E-state index is 12.4. The fourth-order valence-corrected chi connectivity index (χ4v) is 3.09. The summed E-state index contributed by atoms with van der Waals surface area (Å²) in [6.07, 6.45) is 0.635. The Hall–Kier alpha value is -3.80. The SMILES string of the molecule is Cc1[nH]c(=O)c(C#N)c(C)c1CCC(=O)Nc1cccc(-c2nnnn2C)c1. The third-order valence-corrected chi connectivity index (χ3v) is 4.55. The molecule has 2 N–H and O–H groups in total. The third kappa shape index (κ3) is 3.81. The van der Waals surface area contributed by atoms with E-state index in [4.69, 9.17) is 5.26 Å². The second kappa shape index (κ2) is 7.84. The smallest absolute Gasteiger partial charge is 0.266 e. The van der Waals surface area contributed by atoms with Crippen LogP contribution in [0.1, 0.15) is 28.8 Å². The van der Waals surface area contributed by atoms with Gasteiger partial charge in [-0.3, -0.25) is 9.59 Å². The number of aromatic amines is 1. The van der Waals surface area contributed by atoms with Crippen LogP contribution in [0.3, 0.4) is 0 Å². The highest BCUT2D eigenvalue weighted by Gasteiger charge is 2.14. The molecule has 3 rings (SSSR count). The number of H-pyrrole nitrogens is 1. The fraction of sp³-hybridized carbons (Fsp3) is 0.263. The van der Waals surface area contributed by atoms with E-state index >= 15 is 0 Å². The van der Waals surface area contributed by atoms with Crippen LogP contribution in [0.5, 0.6) is 0 Å². The summed E-state index contributed by atoms with van der Waals surface area (Å²) < 4.78 is 1.55. The van der Waals surface area contributed by atoms with Gasteiger partial charge < -0.3 is 10.3 Å². The van der Waals surface area contributed by atoms with Gasteiger partial charge in [0.1, 0.15) is 11.6 Å². The topological polar surface area (TPSA) is 129 Å². The number of carbonyl (C=O) groups excluding carboxylic acids is 1. The molecule has 0 unspecified atom stereocenters. The number of hydrogen-bond acceptors (Lipinski definition) is 6. The zero-order valence-electron chi connectivity index (χ0n) is 15.8. The second-order valence-electron chi connectivity index (χ2n) is 6.42. The lowest BCUT2D eigenvalue weighted by molar-refractivity contribution is -0.116. The van der Waals surface area contributed by atoms with E-state index in [1.165, 1.54) is 0 Å². The first-order valence-corrected chi connectivity index (χ1v) is 8.65. The number of nitrogens with one attached hydrogen (secondary N) is 2. The van der Waals surface area contributed by atoms with E-state index in [0.29, 0.717) is 29.2 Å². The van der Waals surface area contributed by atoms with Crippen molar-refractivity contribution in [2.24, 2.45) is 7.05 Å². The Morgan fingerprint density at radius 2 is 2.14 bits per heavy atom. The quantitative estimate of drug-likeness (QED) is 0.695. The van der Waals surface area contributed by atoms with Gasteiger partial charge in [0.15, 0.2) is 5.82 Å². The van der Waals surface area contributed by atoms with Crippen LogP contribution in [0.25, 0.3) is 11.4 Å². The largest absolute Gasteiger partial charge is 0.326 e. The van der Waals surface area contributed by atoms with Crippen molar-refractivity contribution >= 4 is 11.6 Å². The summed E-state index contributed by atoms with van der Waals surface area (Å²) in [5.74, 6) is 0.427. The minimum Gasteiger partial charge on any atom is -0.326 e. The highest BCUT2D eigenvalue weighted by Crippen LogP contribution is 2.20. The molecule has 142 valence electrons. The number of aromatic nitrogens is 5. The van der Waals surface area contributed by atoms with Gasteiger partial charge in [0.2, 0.25) is 5.91 Å². The van der Waals surface area contributed by atoms with E-state index in [1.54, 1.807) is 37.7 Å². The van der Waals surface area contributed by atoms with Crippen molar-refractivity contribution in [3.8, 4) is 17.5 Å². The van der Waals surface area contributed by atoms with Gasteiger partial charge in [0.25, 0.3) is 5.56 Å². The van der Waals surface area contributed by atoms with Crippen LogP contribution in [0.2, 0.25) is 0 Å². The number of tetrazole rings is 1. The first-order chi connectivity index (χ1) is 13.4. The Kier molecular flexibility index (Phi) is 5.31. The van der Waals surface area contributed by atoms with Crippen molar-refractivity contribution in [3.05, 3.63) is 57.0 Å². The number of hydrogen-bond donors (Lipinski definition) is 2. The molecule has 0 aliphatic rings. The number of anilines is 1. The lowest BCUT2D eigenvalue weighted by atomic mass is 9.99. The number of nitrogens with zero attached hydrogens (tertiary/aromatic N) is 5. The molecule has 0 fully saturated rings. The summed E-state index contributed by atoms with van der Waals surface area (Å²) in [5.41, 5.74) is 3.21. The molecule has 3 aromatic rings. The monoisotopic (exact) mass is 377 g/mol. The summed E-state index contributed by atoms with van der Waals surface area (Å²) in [5, 5.41) is 23.4. The molecule has 0 saturated carbocycles. The number of rotatable bonds is 5. The second-order valence-corrected chi connectivity index (χ2v) is 6.42. The van der Waals surface area contributed by atoms with E-state index in [0.717, 1.165) is 11.1 Å². The normalized spacial score (nSPS) is 10.5. The molecule has 28 heavy (non-hydrogen) atoms. The lowest BCUT2D eigenvalue weighted by Crippen LogP contribution is -2.18. The number of amides is 1. The molecule has 0 aliphatic carbocycles. The van der Waals surface area contributed by atoms with Gasteiger partial charge in [-0.05, 0) is 54.0 Å². The first-order valence-electron chi connectivity index (χ1n) is 8.65. The van der Waals surface area contributed by atoms with Crippen LogP contribution in [0.15, 0.2) is 29.1 Å². The van der Waals surface area contributed by atoms with Crippen LogP contribution in [0, 0.1) is 25.2 Å². The van der Waals surface area contributed by atoms with E-state index < -0.39 is 5.56 Å². The Bertz CT molecular complexity index is 1140. The number of carbonyl (C=O) groups is 1. The molecule has 0 radical (unpaired) electrons. The van der Waals surface area contributed by atoms with Gasteiger partial charge in [0, 0.05) is 30.4 Å². The van der Waals surface area contributed by atoms with Gasteiger partial charge in [-0.15, -0.1) is 5.10 Å². The van der Waals surface area contributed by atoms with Crippen LogP contribution >= 0.6 is 0 Å². The van der Waals surface area contributed by atoms with Crippen molar-refractivity contribution < 1.29 is 4.79 Å². The molecule has 0 spiro atoms. The molecule has 0 saturated heterocycles. The number of aryl methyl sites for hydroxylation is 2. The molecule has 1 amide bonds. The Morgan fingerprint density at radius 3 is 2.82 bits per heavy atom. The van der Waals surface area contributed by atoms with Crippen molar-refractivity contribution in [3.63, 3.8) is 0 Å². The maximum Gasteiger partial charge on any atom is 0.266 e. The third-order valence-electron chi connectivity index (χ3n) is 4.55. The summed E-state index contributed by atoms with van der Waals surface area (Å²) in [6, 6.07) is 9.18. The highest BCUT2D eigenvalue weighted by molar-refractivity contribution is 5.91.